The fourth-order valence-corrected chi connectivity index (χ4v) is 8.80. The van der Waals surface area contributed by atoms with Gasteiger partial charge in [-0.25, -0.2) is 0 Å². The molecular weight excluding hydrogens is 584 g/mol. The van der Waals surface area contributed by atoms with E-state index in [1.807, 2.05) is 25.2 Å². The molecule has 0 aromatic heterocycles. The summed E-state index contributed by atoms with van der Waals surface area (Å²) in [4.78, 5) is 14.3. The van der Waals surface area contributed by atoms with Crippen LogP contribution < -0.4 is 0 Å². The van der Waals surface area contributed by atoms with Gasteiger partial charge in [0.2, 0.25) is 0 Å². The summed E-state index contributed by atoms with van der Waals surface area (Å²) in [5.74, 6) is -1.34. The Balaban J connectivity index is 1.52. The summed E-state index contributed by atoms with van der Waals surface area (Å²) in [5, 5.41) is 12.7. The highest BCUT2D eigenvalue weighted by molar-refractivity contribution is 6.74. The molecule has 4 heterocycles. The molecule has 0 aromatic rings. The lowest BCUT2D eigenvalue weighted by molar-refractivity contribution is -0.335. The number of hydrogen-bond donors (Lipinski definition) is 1. The fourth-order valence-electron chi connectivity index (χ4n) is 7.50. The van der Waals surface area contributed by atoms with Gasteiger partial charge >= 0.3 is 5.97 Å². The number of rotatable bonds is 3. The van der Waals surface area contributed by atoms with E-state index < -0.39 is 43.8 Å². The monoisotopic (exact) mass is 642 g/mol. The molecule has 4 aliphatic heterocycles. The number of aliphatic hydroxyl groups is 1. The second-order valence-corrected chi connectivity index (χ2v) is 20.7. The van der Waals surface area contributed by atoms with Crippen molar-refractivity contribution in [2.24, 2.45) is 17.8 Å². The second kappa shape index (κ2) is 13.2. The highest BCUT2D eigenvalue weighted by Crippen LogP contribution is 2.49. The lowest BCUT2D eigenvalue weighted by Crippen LogP contribution is -2.60. The lowest BCUT2D eigenvalue weighted by Gasteiger charge is -2.50. The van der Waals surface area contributed by atoms with E-state index in [4.69, 9.17) is 23.4 Å². The van der Waals surface area contributed by atoms with Gasteiger partial charge in [-0.3, -0.25) is 4.79 Å². The number of allylic oxidation sites excluding steroid dienone is 4. The topological polar surface area (TPSA) is 83.5 Å². The number of hydrogen-bond acceptors (Lipinski definition) is 7. The van der Waals surface area contributed by atoms with Crippen LogP contribution in [-0.4, -0.2) is 67.9 Å². The van der Waals surface area contributed by atoms with E-state index in [1.54, 1.807) is 0 Å². The maximum atomic E-state index is 14.3. The molecule has 3 saturated heterocycles. The van der Waals surface area contributed by atoms with Gasteiger partial charge in [0.25, 0.3) is 0 Å². The molecule has 0 aromatic carbocycles. The summed E-state index contributed by atoms with van der Waals surface area (Å²) < 4.78 is 33.1. The van der Waals surface area contributed by atoms with Crippen molar-refractivity contribution in [1.29, 1.82) is 0 Å². The molecular formula is C37H58O7Si. The van der Waals surface area contributed by atoms with Gasteiger partial charge in [-0.15, -0.1) is 0 Å². The Morgan fingerprint density at radius 3 is 2.56 bits per heavy atom. The zero-order valence-electron chi connectivity index (χ0n) is 29.1. The van der Waals surface area contributed by atoms with E-state index in [9.17, 15) is 9.90 Å². The first kappa shape index (κ1) is 34.8. The molecule has 10 atom stereocenters. The number of ether oxygens (including phenoxy) is 4. The standard InChI is InChI=1S/C37H58O7Si/c1-10-31-25(3)18-19-36(43-31)22-29-21-28(42-36)17-12-11-14-24(2)15-13-16-27-23-40-33-32(44-45(8,9)35(5,6)7)26(4)20-30(34(38)41-29)37(27,33)39/h11-13,15-16,20,24-25,28-33,39H,10,14,17-19,21-23H2,1-9H3/b12-11+,15-13+,27-16+/t24-,25+,28-,29+,30+,31-,32-,33-,36-,37-/m1/s1. The van der Waals surface area contributed by atoms with Gasteiger partial charge in [0.05, 0.1) is 24.9 Å². The number of esters is 1. The van der Waals surface area contributed by atoms with E-state index in [0.29, 0.717) is 30.3 Å². The van der Waals surface area contributed by atoms with E-state index in [0.717, 1.165) is 37.7 Å². The molecule has 0 radical (unpaired) electrons. The van der Waals surface area contributed by atoms with Gasteiger partial charge < -0.3 is 28.5 Å². The highest BCUT2D eigenvalue weighted by Gasteiger charge is 2.61. The number of fused-ring (bicyclic) bond motifs is 2. The molecule has 45 heavy (non-hydrogen) atoms. The van der Waals surface area contributed by atoms with Crippen LogP contribution in [0.4, 0.5) is 0 Å². The van der Waals surface area contributed by atoms with Crippen LogP contribution in [0.3, 0.4) is 0 Å². The minimum atomic E-state index is -2.24. The van der Waals surface area contributed by atoms with Crippen molar-refractivity contribution in [3.63, 3.8) is 0 Å². The summed E-state index contributed by atoms with van der Waals surface area (Å²) >= 11 is 0. The molecule has 5 rings (SSSR count). The molecule has 1 N–H and O–H groups in total. The third-order valence-electron chi connectivity index (χ3n) is 11.4. The van der Waals surface area contributed by atoms with Crippen molar-refractivity contribution in [1.82, 2.24) is 0 Å². The Morgan fingerprint density at radius 2 is 1.84 bits per heavy atom. The van der Waals surface area contributed by atoms with Crippen LogP contribution in [0.1, 0.15) is 93.4 Å². The van der Waals surface area contributed by atoms with E-state index in [1.165, 1.54) is 0 Å². The maximum absolute atomic E-state index is 14.3. The molecule has 5 aliphatic rings. The molecule has 7 nitrogen and oxygen atoms in total. The molecule has 0 unspecified atom stereocenters. The molecule has 2 bridgehead atoms. The Hall–Kier alpha value is -1.55. The minimum absolute atomic E-state index is 0.0257. The first-order valence-electron chi connectivity index (χ1n) is 17.4. The van der Waals surface area contributed by atoms with Crippen molar-refractivity contribution in [2.45, 2.75) is 153 Å². The van der Waals surface area contributed by atoms with Crippen LogP contribution in [0.15, 0.2) is 47.6 Å². The zero-order valence-corrected chi connectivity index (χ0v) is 30.1. The van der Waals surface area contributed by atoms with E-state index in [2.05, 4.69) is 72.9 Å². The van der Waals surface area contributed by atoms with Crippen LogP contribution >= 0.6 is 0 Å². The van der Waals surface area contributed by atoms with Crippen LogP contribution in [-0.2, 0) is 28.2 Å². The summed E-state index contributed by atoms with van der Waals surface area (Å²) in [6.07, 6.45) is 16.3. The van der Waals surface area contributed by atoms with Crippen LogP contribution in [0.2, 0.25) is 18.1 Å². The van der Waals surface area contributed by atoms with Crippen molar-refractivity contribution in [3.05, 3.63) is 47.6 Å². The molecule has 0 saturated carbocycles. The summed E-state index contributed by atoms with van der Waals surface area (Å²) in [6, 6.07) is 0. The first-order valence-corrected chi connectivity index (χ1v) is 20.3. The second-order valence-electron chi connectivity index (χ2n) is 16.0. The Kier molecular flexibility index (Phi) is 10.2. The fraction of sp³-hybridized carbons (Fsp3) is 0.757. The van der Waals surface area contributed by atoms with Crippen molar-refractivity contribution >= 4 is 14.3 Å². The average molecular weight is 643 g/mol. The SMILES string of the molecule is CC[C@H]1O[C@]2(CC[C@@H]1C)C[C@@H]1C[C@@H](C/C=C/C[C@@H](C)/C=C/C=C3\CO[C@@H]4[C@H](O[Si](C)(C)C(C)(C)C)C(C)=C[C@@H](C(=O)O1)[C@]34O)O2. The predicted molar refractivity (Wildman–Crippen MR) is 179 cm³/mol. The molecule has 1 spiro atoms. The smallest absolute Gasteiger partial charge is 0.316 e. The van der Waals surface area contributed by atoms with Gasteiger partial charge in [0.1, 0.15) is 23.7 Å². The maximum Gasteiger partial charge on any atom is 0.316 e. The number of carbonyl (C=O) groups excluding carboxylic acids is 1. The number of carbonyl (C=O) groups is 1. The van der Waals surface area contributed by atoms with Gasteiger partial charge in [0, 0.05) is 19.3 Å². The van der Waals surface area contributed by atoms with Crippen LogP contribution in [0.5, 0.6) is 0 Å². The lowest BCUT2D eigenvalue weighted by atomic mass is 9.71. The normalized spacial score (nSPS) is 43.9. The summed E-state index contributed by atoms with van der Waals surface area (Å²) in [5.41, 5.74) is 0.00323. The summed E-state index contributed by atoms with van der Waals surface area (Å²) in [6.45, 7) is 19.8. The highest BCUT2D eigenvalue weighted by atomic mass is 28.4. The van der Waals surface area contributed by atoms with E-state index >= 15 is 0 Å². The van der Waals surface area contributed by atoms with Crippen molar-refractivity contribution < 1.29 is 33.3 Å². The van der Waals surface area contributed by atoms with Crippen molar-refractivity contribution in [3.8, 4) is 0 Å². The molecule has 3 fully saturated rings. The minimum Gasteiger partial charge on any atom is -0.462 e. The largest absolute Gasteiger partial charge is 0.462 e. The van der Waals surface area contributed by atoms with Gasteiger partial charge in [-0.2, -0.15) is 0 Å². The van der Waals surface area contributed by atoms with Gasteiger partial charge in [-0.1, -0.05) is 78.0 Å². The quantitative estimate of drug-likeness (QED) is 0.193. The molecule has 252 valence electrons. The first-order chi connectivity index (χ1) is 21.1. The third kappa shape index (κ3) is 7.02. The predicted octanol–water partition coefficient (Wildman–Crippen LogP) is 7.56. The van der Waals surface area contributed by atoms with Crippen LogP contribution in [0, 0.1) is 17.8 Å². The average Bonchev–Trinajstić information content (AvgIpc) is 3.29. The molecule has 1 aliphatic carbocycles. The van der Waals surface area contributed by atoms with E-state index in [-0.39, 0.29) is 30.0 Å². The summed E-state index contributed by atoms with van der Waals surface area (Å²) in [7, 11) is -2.24. The van der Waals surface area contributed by atoms with Gasteiger partial charge in [0.15, 0.2) is 14.1 Å². The zero-order chi connectivity index (χ0) is 32.8. The Labute approximate surface area is 272 Å². The van der Waals surface area contributed by atoms with Gasteiger partial charge in [-0.05, 0) is 73.7 Å². The molecule has 8 heteroatoms. The third-order valence-corrected chi connectivity index (χ3v) is 15.9. The van der Waals surface area contributed by atoms with Crippen LogP contribution in [0.25, 0.3) is 0 Å². The Morgan fingerprint density at radius 1 is 1.11 bits per heavy atom. The Bertz CT molecular complexity index is 1210. The van der Waals surface area contributed by atoms with Crippen molar-refractivity contribution in [2.75, 3.05) is 6.61 Å². The molecule has 0 amide bonds.